The molecule has 0 saturated carbocycles. The van der Waals surface area contributed by atoms with Crippen LogP contribution in [0.15, 0.2) is 85.5 Å². The second kappa shape index (κ2) is 6.95. The molecule has 5 nitrogen and oxygen atoms in total. The first kappa shape index (κ1) is 17.7. The molecule has 0 N–H and O–H groups in total. The van der Waals surface area contributed by atoms with E-state index in [1.807, 2.05) is 41.0 Å². The van der Waals surface area contributed by atoms with Crippen LogP contribution in [-0.2, 0) is 6.54 Å². The van der Waals surface area contributed by atoms with Crippen molar-refractivity contribution in [3.63, 3.8) is 0 Å². The lowest BCUT2D eigenvalue weighted by atomic mass is 10.0. The maximum absolute atomic E-state index is 14.5. The van der Waals surface area contributed by atoms with Crippen molar-refractivity contribution in [2.75, 3.05) is 0 Å². The largest absolute Gasteiger partial charge is 0.309 e. The predicted molar refractivity (Wildman–Crippen MR) is 119 cm³/mol. The van der Waals surface area contributed by atoms with Crippen molar-refractivity contribution in [3.05, 3.63) is 96.8 Å². The minimum Gasteiger partial charge on any atom is -0.309 e. The Morgan fingerprint density at radius 2 is 1.71 bits per heavy atom. The van der Waals surface area contributed by atoms with Crippen molar-refractivity contribution in [3.8, 4) is 11.3 Å². The van der Waals surface area contributed by atoms with Gasteiger partial charge in [0.2, 0.25) is 0 Å². The van der Waals surface area contributed by atoms with E-state index < -0.39 is 0 Å². The normalized spacial score (nSPS) is 11.5. The maximum Gasteiger partial charge on any atom is 0.197 e. The van der Waals surface area contributed by atoms with Gasteiger partial charge in [0.25, 0.3) is 0 Å². The summed E-state index contributed by atoms with van der Waals surface area (Å²) in [5.41, 5.74) is 4.21. The van der Waals surface area contributed by atoms with E-state index in [-0.39, 0.29) is 5.82 Å². The molecule has 0 spiro atoms. The zero-order valence-corrected chi connectivity index (χ0v) is 16.4. The van der Waals surface area contributed by atoms with Crippen LogP contribution in [0.3, 0.4) is 0 Å². The van der Waals surface area contributed by atoms with Crippen molar-refractivity contribution < 1.29 is 4.39 Å². The highest BCUT2D eigenvalue weighted by molar-refractivity contribution is 5.96. The van der Waals surface area contributed by atoms with E-state index >= 15 is 0 Å². The molecule has 6 heteroatoms. The zero-order valence-electron chi connectivity index (χ0n) is 16.4. The van der Waals surface area contributed by atoms with Gasteiger partial charge in [-0.1, -0.05) is 48.5 Å². The Bertz CT molecular complexity index is 1580. The summed E-state index contributed by atoms with van der Waals surface area (Å²) in [7, 11) is 0. The second-order valence-electron chi connectivity index (χ2n) is 7.45. The monoisotopic (exact) mass is 405 g/mol. The lowest BCUT2D eigenvalue weighted by Gasteiger charge is -2.08. The van der Waals surface area contributed by atoms with Gasteiger partial charge in [0.1, 0.15) is 11.3 Å². The third kappa shape index (κ3) is 3.00. The van der Waals surface area contributed by atoms with Crippen LogP contribution in [0.2, 0.25) is 0 Å². The van der Waals surface area contributed by atoms with Crippen LogP contribution in [0.25, 0.3) is 44.2 Å². The summed E-state index contributed by atoms with van der Waals surface area (Å²) < 4.78 is 16.4. The van der Waals surface area contributed by atoms with E-state index in [4.69, 9.17) is 4.98 Å². The van der Waals surface area contributed by atoms with Gasteiger partial charge in [-0.15, -0.1) is 0 Å². The van der Waals surface area contributed by atoms with Gasteiger partial charge >= 0.3 is 0 Å². The van der Waals surface area contributed by atoms with Crippen molar-refractivity contribution in [2.45, 2.75) is 6.54 Å². The predicted octanol–water partition coefficient (Wildman–Crippen LogP) is 5.38. The fourth-order valence-electron chi connectivity index (χ4n) is 4.02. The van der Waals surface area contributed by atoms with Crippen LogP contribution in [0.5, 0.6) is 0 Å². The van der Waals surface area contributed by atoms with E-state index in [0.29, 0.717) is 23.4 Å². The van der Waals surface area contributed by atoms with Gasteiger partial charge in [0, 0.05) is 17.1 Å². The number of halogens is 1. The van der Waals surface area contributed by atoms with Crippen LogP contribution >= 0.6 is 0 Å². The molecule has 31 heavy (non-hydrogen) atoms. The van der Waals surface area contributed by atoms with Gasteiger partial charge < -0.3 is 4.57 Å². The summed E-state index contributed by atoms with van der Waals surface area (Å²) in [5, 5.41) is 3.04. The third-order valence-corrected chi connectivity index (χ3v) is 5.46. The molecule has 6 rings (SSSR count). The minimum absolute atomic E-state index is 0.333. The molecule has 148 valence electrons. The average Bonchev–Trinajstić information content (AvgIpc) is 3.20. The van der Waals surface area contributed by atoms with E-state index in [0.717, 1.165) is 33.0 Å². The number of fused-ring (bicyclic) bond motifs is 3. The fourth-order valence-corrected chi connectivity index (χ4v) is 4.02. The molecule has 0 aliphatic heterocycles. The number of benzene rings is 3. The first-order chi connectivity index (χ1) is 15.3. The smallest absolute Gasteiger partial charge is 0.197 e. The highest BCUT2D eigenvalue weighted by atomic mass is 19.1. The SMILES string of the molecule is Fc1cc(Cn2cnc3ncc(-c4cccc5ccccc45)nc32)cc2cccnc12. The number of hydrogen-bond donors (Lipinski definition) is 0. The fraction of sp³-hybridized carbons (Fsp3) is 0.0400. The van der Waals surface area contributed by atoms with E-state index in [1.165, 1.54) is 6.07 Å². The number of pyridine rings is 1. The Balaban J connectivity index is 1.45. The molecule has 3 heterocycles. The van der Waals surface area contributed by atoms with Gasteiger partial charge in [0.05, 0.1) is 24.8 Å². The number of aromatic nitrogens is 5. The molecule has 0 unspecified atom stereocenters. The van der Waals surface area contributed by atoms with Crippen molar-refractivity contribution in [1.29, 1.82) is 0 Å². The minimum atomic E-state index is -0.333. The number of imidazole rings is 1. The Morgan fingerprint density at radius 1 is 0.839 bits per heavy atom. The summed E-state index contributed by atoms with van der Waals surface area (Å²) in [5.74, 6) is -0.333. The molecular formula is C25H16FN5. The van der Waals surface area contributed by atoms with Crippen LogP contribution in [0.4, 0.5) is 4.39 Å². The van der Waals surface area contributed by atoms with Crippen molar-refractivity contribution >= 4 is 33.0 Å². The molecule has 0 radical (unpaired) electrons. The van der Waals surface area contributed by atoms with Gasteiger partial charge in [0.15, 0.2) is 11.3 Å². The number of rotatable bonds is 3. The Hall–Kier alpha value is -4.19. The molecule has 0 amide bonds. The van der Waals surface area contributed by atoms with Crippen LogP contribution in [-0.4, -0.2) is 24.5 Å². The third-order valence-electron chi connectivity index (χ3n) is 5.46. The van der Waals surface area contributed by atoms with E-state index in [1.54, 1.807) is 24.8 Å². The molecule has 0 bridgehead atoms. The molecule has 3 aromatic carbocycles. The van der Waals surface area contributed by atoms with Crippen LogP contribution in [0, 0.1) is 5.82 Å². The Kier molecular flexibility index (Phi) is 3.96. The van der Waals surface area contributed by atoms with Crippen molar-refractivity contribution in [1.82, 2.24) is 24.5 Å². The molecule has 0 fully saturated rings. The summed E-state index contributed by atoms with van der Waals surface area (Å²) in [6.45, 7) is 0.436. The number of hydrogen-bond acceptors (Lipinski definition) is 4. The summed E-state index contributed by atoms with van der Waals surface area (Å²) in [6, 6.07) is 21.5. The van der Waals surface area contributed by atoms with E-state index in [2.05, 4.69) is 33.2 Å². The Morgan fingerprint density at radius 3 is 2.68 bits per heavy atom. The zero-order chi connectivity index (χ0) is 20.8. The number of nitrogens with zero attached hydrogens (tertiary/aromatic N) is 5. The first-order valence-corrected chi connectivity index (χ1v) is 9.95. The molecule has 0 aliphatic rings. The highest BCUT2D eigenvalue weighted by Gasteiger charge is 2.12. The molecule has 0 atom stereocenters. The molecule has 0 saturated heterocycles. The first-order valence-electron chi connectivity index (χ1n) is 9.95. The second-order valence-corrected chi connectivity index (χ2v) is 7.45. The standard InChI is InChI=1S/C25H16FN5/c26-21-12-16(11-18-7-4-10-27-23(18)21)14-31-15-29-24-25(31)30-22(13-28-24)20-9-3-6-17-5-1-2-8-19(17)20/h1-13,15H,14H2. The molecule has 3 aromatic heterocycles. The van der Waals surface area contributed by atoms with Gasteiger partial charge in [-0.05, 0) is 34.5 Å². The maximum atomic E-state index is 14.5. The lowest BCUT2D eigenvalue weighted by Crippen LogP contribution is -2.01. The van der Waals surface area contributed by atoms with Gasteiger partial charge in [-0.3, -0.25) is 4.98 Å². The molecule has 0 aliphatic carbocycles. The van der Waals surface area contributed by atoms with Crippen LogP contribution < -0.4 is 0 Å². The summed E-state index contributed by atoms with van der Waals surface area (Å²) in [4.78, 5) is 17.9. The topological polar surface area (TPSA) is 56.5 Å². The summed E-state index contributed by atoms with van der Waals surface area (Å²) >= 11 is 0. The lowest BCUT2D eigenvalue weighted by molar-refractivity contribution is 0.633. The van der Waals surface area contributed by atoms with Gasteiger partial charge in [-0.2, -0.15) is 0 Å². The highest BCUT2D eigenvalue weighted by Crippen LogP contribution is 2.28. The van der Waals surface area contributed by atoms with E-state index in [9.17, 15) is 4.39 Å². The molecule has 6 aromatic rings. The summed E-state index contributed by atoms with van der Waals surface area (Å²) in [6.07, 6.45) is 5.05. The quantitative estimate of drug-likeness (QED) is 0.397. The van der Waals surface area contributed by atoms with Gasteiger partial charge in [-0.25, -0.2) is 19.3 Å². The average molecular weight is 405 g/mol. The Labute approximate surface area is 176 Å². The molecular weight excluding hydrogens is 389 g/mol. The van der Waals surface area contributed by atoms with Crippen LogP contribution in [0.1, 0.15) is 5.56 Å². The van der Waals surface area contributed by atoms with Crippen molar-refractivity contribution in [2.24, 2.45) is 0 Å².